The van der Waals surface area contributed by atoms with Crippen molar-refractivity contribution in [3.05, 3.63) is 40.9 Å². The lowest BCUT2D eigenvalue weighted by Crippen LogP contribution is -2.28. The van der Waals surface area contributed by atoms with Crippen LogP contribution in [0.1, 0.15) is 37.3 Å². The molecule has 0 aliphatic rings. The molecule has 2 aromatic rings. The van der Waals surface area contributed by atoms with Gasteiger partial charge in [-0.15, -0.1) is 10.2 Å². The number of rotatable bonds is 6. The molecule has 112 valence electrons. The maximum Gasteiger partial charge on any atom is 0.229 e. The van der Waals surface area contributed by atoms with Crippen LogP contribution in [0.3, 0.4) is 0 Å². The number of hydrogen-bond donors (Lipinski definition) is 2. The lowest BCUT2D eigenvalue weighted by molar-refractivity contribution is -0.120. The Hall–Kier alpha value is -1.79. The normalized spacial score (nSPS) is 13.7. The highest BCUT2D eigenvalue weighted by atomic mass is 32.1. The van der Waals surface area contributed by atoms with E-state index in [1.54, 1.807) is 19.1 Å². The minimum atomic E-state index is -1.21. The summed E-state index contributed by atoms with van der Waals surface area (Å²) in [6.45, 7) is 3.70. The molecule has 5 nitrogen and oxygen atoms in total. The van der Waals surface area contributed by atoms with Gasteiger partial charge < -0.3 is 10.4 Å². The lowest BCUT2D eigenvalue weighted by atomic mass is 9.92. The fraction of sp³-hybridized carbons (Fsp3) is 0.400. The van der Waals surface area contributed by atoms with Crippen LogP contribution in [0, 0.1) is 0 Å². The van der Waals surface area contributed by atoms with Gasteiger partial charge >= 0.3 is 0 Å². The predicted molar refractivity (Wildman–Crippen MR) is 83.2 cm³/mol. The molecule has 0 bridgehead atoms. The van der Waals surface area contributed by atoms with Crippen molar-refractivity contribution in [1.29, 1.82) is 0 Å². The summed E-state index contributed by atoms with van der Waals surface area (Å²) in [5.74, 6) is -0.275. The number of aryl methyl sites for hydroxylation is 1. The van der Waals surface area contributed by atoms with E-state index in [-0.39, 0.29) is 12.3 Å². The van der Waals surface area contributed by atoms with Crippen LogP contribution in [-0.2, 0) is 16.8 Å². The zero-order valence-corrected chi connectivity index (χ0v) is 13.0. The van der Waals surface area contributed by atoms with Gasteiger partial charge in [-0.3, -0.25) is 4.79 Å². The van der Waals surface area contributed by atoms with Crippen molar-refractivity contribution in [2.45, 2.75) is 38.7 Å². The summed E-state index contributed by atoms with van der Waals surface area (Å²) in [6, 6.07) is 9.15. The van der Waals surface area contributed by atoms with Crippen LogP contribution < -0.4 is 5.32 Å². The van der Waals surface area contributed by atoms with Gasteiger partial charge in [0.2, 0.25) is 11.0 Å². The first kappa shape index (κ1) is 15.6. The maximum absolute atomic E-state index is 12.0. The highest BCUT2D eigenvalue weighted by Crippen LogP contribution is 2.25. The largest absolute Gasteiger partial charge is 0.385 e. The van der Waals surface area contributed by atoms with Crippen LogP contribution >= 0.6 is 11.3 Å². The molecule has 1 heterocycles. The molecule has 0 fully saturated rings. The molecule has 1 atom stereocenters. The Morgan fingerprint density at radius 3 is 2.71 bits per heavy atom. The number of hydrogen-bond acceptors (Lipinski definition) is 5. The smallest absolute Gasteiger partial charge is 0.229 e. The quantitative estimate of drug-likeness (QED) is 0.860. The van der Waals surface area contributed by atoms with Crippen molar-refractivity contribution in [3.8, 4) is 0 Å². The minimum absolute atomic E-state index is 0.0281. The van der Waals surface area contributed by atoms with E-state index in [0.717, 1.165) is 17.8 Å². The molecule has 6 heteroatoms. The number of nitrogens with one attached hydrogen (secondary N) is 1. The summed E-state index contributed by atoms with van der Waals surface area (Å²) in [7, 11) is 0. The second-order valence-corrected chi connectivity index (χ2v) is 6.18. The first-order valence-corrected chi connectivity index (χ1v) is 7.73. The monoisotopic (exact) mass is 305 g/mol. The fourth-order valence-electron chi connectivity index (χ4n) is 1.99. The molecule has 0 aliphatic heterocycles. The van der Waals surface area contributed by atoms with Gasteiger partial charge in [0.15, 0.2) is 0 Å². The Labute approximate surface area is 128 Å². The van der Waals surface area contributed by atoms with E-state index in [4.69, 9.17) is 0 Å². The van der Waals surface area contributed by atoms with Crippen LogP contribution in [-0.4, -0.2) is 21.2 Å². The van der Waals surface area contributed by atoms with E-state index < -0.39 is 5.60 Å². The van der Waals surface area contributed by atoms with E-state index in [0.29, 0.717) is 10.7 Å². The van der Waals surface area contributed by atoms with Crippen LogP contribution in [0.2, 0.25) is 0 Å². The van der Waals surface area contributed by atoms with E-state index in [2.05, 4.69) is 22.4 Å². The number of aliphatic hydroxyl groups is 1. The maximum atomic E-state index is 12.0. The van der Waals surface area contributed by atoms with Crippen molar-refractivity contribution in [1.82, 2.24) is 10.2 Å². The number of nitrogens with zero attached hydrogens (tertiary/aromatic N) is 2. The van der Waals surface area contributed by atoms with Gasteiger partial charge in [-0.25, -0.2) is 0 Å². The van der Waals surface area contributed by atoms with Gasteiger partial charge in [0, 0.05) is 6.42 Å². The summed E-state index contributed by atoms with van der Waals surface area (Å²) in [6.07, 6.45) is 1.82. The number of aromatic nitrogens is 2. The Morgan fingerprint density at radius 1 is 1.33 bits per heavy atom. The topological polar surface area (TPSA) is 75.1 Å². The molecule has 0 saturated carbocycles. The van der Waals surface area contributed by atoms with Crippen molar-refractivity contribution < 1.29 is 9.90 Å². The highest BCUT2D eigenvalue weighted by molar-refractivity contribution is 7.15. The highest BCUT2D eigenvalue weighted by Gasteiger charge is 2.26. The van der Waals surface area contributed by atoms with Gasteiger partial charge in [0.25, 0.3) is 0 Å². The summed E-state index contributed by atoms with van der Waals surface area (Å²) >= 11 is 1.37. The third-order valence-corrected chi connectivity index (χ3v) is 3.98. The summed E-state index contributed by atoms with van der Waals surface area (Å²) in [5.41, 5.74) is -0.494. The third-order valence-electron chi connectivity index (χ3n) is 3.08. The standard InChI is InChI=1S/C15H19N3O2S/c1-3-7-13-17-18-14(21-13)16-12(19)10-15(2,20)11-8-5-4-6-9-11/h4-6,8-9,20H,3,7,10H2,1-2H3,(H,16,18,19). The zero-order chi connectivity index (χ0) is 15.3. The predicted octanol–water partition coefficient (Wildman–Crippen LogP) is 2.73. The Morgan fingerprint density at radius 2 is 2.05 bits per heavy atom. The molecule has 1 aromatic heterocycles. The van der Waals surface area contributed by atoms with Crippen molar-refractivity contribution >= 4 is 22.4 Å². The Balaban J connectivity index is 1.97. The van der Waals surface area contributed by atoms with E-state index >= 15 is 0 Å². The van der Waals surface area contributed by atoms with E-state index in [1.165, 1.54) is 11.3 Å². The van der Waals surface area contributed by atoms with Crippen LogP contribution in [0.5, 0.6) is 0 Å². The van der Waals surface area contributed by atoms with Gasteiger partial charge in [-0.2, -0.15) is 0 Å². The molecular weight excluding hydrogens is 286 g/mol. The first-order valence-electron chi connectivity index (χ1n) is 6.91. The number of benzene rings is 1. The number of carbonyl (C=O) groups excluding carboxylic acids is 1. The molecule has 21 heavy (non-hydrogen) atoms. The SMILES string of the molecule is CCCc1nnc(NC(=O)CC(C)(O)c2ccccc2)s1. The molecule has 1 unspecified atom stereocenters. The van der Waals surface area contributed by atoms with Crippen molar-refractivity contribution in [2.75, 3.05) is 5.32 Å². The first-order chi connectivity index (χ1) is 10.0. The molecule has 0 spiro atoms. The zero-order valence-electron chi connectivity index (χ0n) is 12.2. The Bertz CT molecular complexity index is 596. The fourth-order valence-corrected chi connectivity index (χ4v) is 2.85. The van der Waals surface area contributed by atoms with Crippen molar-refractivity contribution in [2.24, 2.45) is 0 Å². The second-order valence-electron chi connectivity index (χ2n) is 5.12. The molecule has 2 N–H and O–H groups in total. The van der Waals surface area contributed by atoms with Gasteiger partial charge in [-0.1, -0.05) is 48.6 Å². The summed E-state index contributed by atoms with van der Waals surface area (Å²) in [5, 5.41) is 22.4. The number of carbonyl (C=O) groups is 1. The third kappa shape index (κ3) is 4.34. The van der Waals surface area contributed by atoms with Crippen LogP contribution in [0.25, 0.3) is 0 Å². The average molecular weight is 305 g/mol. The Kier molecular flexibility index (Phi) is 5.03. The summed E-state index contributed by atoms with van der Waals surface area (Å²) < 4.78 is 0. The summed E-state index contributed by atoms with van der Waals surface area (Å²) in [4.78, 5) is 12.0. The number of amides is 1. The van der Waals surface area contributed by atoms with E-state index in [9.17, 15) is 9.90 Å². The van der Waals surface area contributed by atoms with Gasteiger partial charge in [-0.05, 0) is 18.9 Å². The second kappa shape index (κ2) is 6.78. The minimum Gasteiger partial charge on any atom is -0.385 e. The lowest BCUT2D eigenvalue weighted by Gasteiger charge is -2.22. The molecule has 0 aliphatic carbocycles. The van der Waals surface area contributed by atoms with Crippen molar-refractivity contribution in [3.63, 3.8) is 0 Å². The molecular formula is C15H19N3O2S. The van der Waals surface area contributed by atoms with Crippen LogP contribution in [0.4, 0.5) is 5.13 Å². The van der Waals surface area contributed by atoms with Gasteiger partial charge in [0.05, 0.1) is 12.0 Å². The van der Waals surface area contributed by atoms with Gasteiger partial charge in [0.1, 0.15) is 5.01 Å². The molecule has 2 rings (SSSR count). The number of anilines is 1. The molecule has 0 saturated heterocycles. The molecule has 0 radical (unpaired) electrons. The average Bonchev–Trinajstić information content (AvgIpc) is 2.87. The van der Waals surface area contributed by atoms with E-state index in [1.807, 2.05) is 18.2 Å². The molecule has 1 aromatic carbocycles. The molecule has 1 amide bonds. The van der Waals surface area contributed by atoms with Crippen LogP contribution in [0.15, 0.2) is 30.3 Å².